The van der Waals surface area contributed by atoms with Gasteiger partial charge in [0.1, 0.15) is 10.4 Å². The Morgan fingerprint density at radius 2 is 2.27 bits per heavy atom. The molecule has 22 heavy (non-hydrogen) atoms. The summed E-state index contributed by atoms with van der Waals surface area (Å²) in [6.07, 6.45) is 2.78. The van der Waals surface area contributed by atoms with Crippen molar-refractivity contribution < 1.29 is 13.5 Å². The van der Waals surface area contributed by atoms with Crippen molar-refractivity contribution in [3.05, 3.63) is 34.0 Å². The summed E-state index contributed by atoms with van der Waals surface area (Å²) in [4.78, 5) is 15.5. The van der Waals surface area contributed by atoms with Crippen molar-refractivity contribution in [2.24, 2.45) is 0 Å². The first kappa shape index (κ1) is 13.4. The summed E-state index contributed by atoms with van der Waals surface area (Å²) in [5.74, 6) is -2.62. The number of nitrogens with zero attached hydrogens (tertiary/aromatic N) is 1. The van der Waals surface area contributed by atoms with Gasteiger partial charge in [-0.15, -0.1) is 11.3 Å². The number of thiophene rings is 1. The molecule has 0 aromatic carbocycles. The quantitative estimate of drug-likeness (QED) is 0.723. The maximum atomic E-state index is 14.0. The highest BCUT2D eigenvalue weighted by Gasteiger charge is 2.37. The molecule has 2 N–H and O–H groups in total. The summed E-state index contributed by atoms with van der Waals surface area (Å²) in [7, 11) is 0. The standard InChI is InChI=1S/C14H11F2N3O2S/c1-6-8-2-14(15,16)5-21-10-9(8)12(13(20)19-6)22-11(10)7-3-17-18-4-7/h3-4H,2,5H2,1H3,(H,17,18)(H,19,20). The van der Waals surface area contributed by atoms with Crippen LogP contribution in [0, 0.1) is 6.92 Å². The van der Waals surface area contributed by atoms with Crippen LogP contribution < -0.4 is 10.3 Å². The first-order valence-electron chi connectivity index (χ1n) is 6.64. The van der Waals surface area contributed by atoms with Crippen LogP contribution in [0.5, 0.6) is 5.75 Å². The fourth-order valence-corrected chi connectivity index (χ4v) is 3.90. The van der Waals surface area contributed by atoms with Crippen molar-refractivity contribution in [2.45, 2.75) is 19.3 Å². The maximum absolute atomic E-state index is 14.0. The molecular weight excluding hydrogens is 312 g/mol. The van der Waals surface area contributed by atoms with Crippen molar-refractivity contribution in [3.63, 3.8) is 0 Å². The molecule has 3 aromatic heterocycles. The molecule has 0 aliphatic carbocycles. The number of rotatable bonds is 1. The van der Waals surface area contributed by atoms with Crippen LogP contribution in [0.15, 0.2) is 17.2 Å². The lowest BCUT2D eigenvalue weighted by Crippen LogP contribution is -2.27. The normalized spacial score (nSPS) is 16.5. The smallest absolute Gasteiger partial charge is 0.285 e. The van der Waals surface area contributed by atoms with Gasteiger partial charge in [0.2, 0.25) is 0 Å². The number of aromatic nitrogens is 3. The van der Waals surface area contributed by atoms with Gasteiger partial charge in [0.25, 0.3) is 11.5 Å². The molecule has 0 spiro atoms. The van der Waals surface area contributed by atoms with Crippen LogP contribution in [0.2, 0.25) is 0 Å². The third kappa shape index (κ3) is 1.87. The van der Waals surface area contributed by atoms with Gasteiger partial charge in [0, 0.05) is 29.3 Å². The molecule has 0 saturated heterocycles. The Bertz CT molecular complexity index is 928. The molecule has 0 saturated carbocycles. The van der Waals surface area contributed by atoms with Gasteiger partial charge in [-0.05, 0) is 12.5 Å². The number of aryl methyl sites for hydroxylation is 1. The topological polar surface area (TPSA) is 70.8 Å². The van der Waals surface area contributed by atoms with Gasteiger partial charge >= 0.3 is 0 Å². The molecular formula is C14H11F2N3O2S. The Labute approximate surface area is 126 Å². The molecule has 8 heteroatoms. The van der Waals surface area contributed by atoms with Crippen molar-refractivity contribution >= 4 is 21.4 Å². The molecule has 4 rings (SSSR count). The number of alkyl halides is 2. The first-order valence-corrected chi connectivity index (χ1v) is 7.46. The number of ether oxygens (including phenoxy) is 1. The summed E-state index contributed by atoms with van der Waals surface area (Å²) in [6, 6.07) is 0. The Morgan fingerprint density at radius 1 is 1.45 bits per heavy atom. The van der Waals surface area contributed by atoms with E-state index < -0.39 is 19.0 Å². The third-order valence-electron chi connectivity index (χ3n) is 3.75. The van der Waals surface area contributed by atoms with Crippen LogP contribution in [-0.4, -0.2) is 27.7 Å². The fraction of sp³-hybridized carbons (Fsp3) is 0.286. The Kier molecular flexibility index (Phi) is 2.68. The van der Waals surface area contributed by atoms with Gasteiger partial charge in [-0.3, -0.25) is 9.89 Å². The van der Waals surface area contributed by atoms with Gasteiger partial charge in [-0.2, -0.15) is 5.10 Å². The minimum Gasteiger partial charge on any atom is -0.485 e. The predicted molar refractivity (Wildman–Crippen MR) is 78.9 cm³/mol. The van der Waals surface area contributed by atoms with E-state index in [1.807, 2.05) is 0 Å². The lowest BCUT2D eigenvalue weighted by Gasteiger charge is -2.14. The number of hydrogen-bond acceptors (Lipinski definition) is 4. The molecule has 0 amide bonds. The van der Waals surface area contributed by atoms with Gasteiger partial charge < -0.3 is 9.72 Å². The number of H-pyrrole nitrogens is 2. The minimum atomic E-state index is -2.97. The molecule has 4 heterocycles. The van der Waals surface area contributed by atoms with Gasteiger partial charge in [0.15, 0.2) is 6.61 Å². The summed E-state index contributed by atoms with van der Waals surface area (Å²) in [5.41, 5.74) is 1.33. The van der Waals surface area contributed by atoms with E-state index in [2.05, 4.69) is 15.2 Å². The summed E-state index contributed by atoms with van der Waals surface area (Å²) in [6.45, 7) is 0.933. The Morgan fingerprint density at radius 3 is 3.00 bits per heavy atom. The Hall–Kier alpha value is -2.22. The molecule has 0 bridgehead atoms. The maximum Gasteiger partial charge on any atom is 0.285 e. The van der Waals surface area contributed by atoms with E-state index in [-0.39, 0.29) is 5.56 Å². The average Bonchev–Trinajstić information content (AvgIpc) is 3.05. The third-order valence-corrected chi connectivity index (χ3v) is 4.97. The lowest BCUT2D eigenvalue weighted by molar-refractivity contribution is -0.0371. The molecule has 0 fully saturated rings. The first-order chi connectivity index (χ1) is 10.5. The number of pyridine rings is 1. The summed E-state index contributed by atoms with van der Waals surface area (Å²) >= 11 is 1.23. The van der Waals surface area contributed by atoms with E-state index in [4.69, 9.17) is 4.74 Å². The summed E-state index contributed by atoms with van der Waals surface area (Å²) in [5, 5.41) is 7.05. The van der Waals surface area contributed by atoms with Crippen LogP contribution in [0.4, 0.5) is 8.78 Å². The molecule has 5 nitrogen and oxygen atoms in total. The minimum absolute atomic E-state index is 0.286. The van der Waals surface area contributed by atoms with Crippen LogP contribution >= 0.6 is 11.3 Å². The highest BCUT2D eigenvalue weighted by atomic mass is 32.1. The van der Waals surface area contributed by atoms with Crippen molar-refractivity contribution in [1.29, 1.82) is 0 Å². The van der Waals surface area contributed by atoms with E-state index in [9.17, 15) is 13.6 Å². The summed E-state index contributed by atoms with van der Waals surface area (Å²) < 4.78 is 33.7. The van der Waals surface area contributed by atoms with Crippen molar-refractivity contribution in [2.75, 3.05) is 6.61 Å². The largest absolute Gasteiger partial charge is 0.485 e. The van der Waals surface area contributed by atoms with Crippen LogP contribution in [0.25, 0.3) is 20.5 Å². The molecule has 0 unspecified atom stereocenters. The zero-order chi connectivity index (χ0) is 15.5. The molecule has 0 atom stereocenters. The van der Waals surface area contributed by atoms with Crippen molar-refractivity contribution in [1.82, 2.24) is 15.2 Å². The van der Waals surface area contributed by atoms with Crippen LogP contribution in [0.3, 0.4) is 0 Å². The highest BCUT2D eigenvalue weighted by Crippen LogP contribution is 2.47. The zero-order valence-electron chi connectivity index (χ0n) is 11.5. The number of halogens is 2. The van der Waals surface area contributed by atoms with Gasteiger partial charge in [0.05, 0.1) is 11.1 Å². The molecule has 1 aliphatic heterocycles. The van der Waals surface area contributed by atoms with Gasteiger partial charge in [-0.25, -0.2) is 8.78 Å². The second-order valence-electron chi connectivity index (χ2n) is 5.33. The van der Waals surface area contributed by atoms with Crippen LogP contribution in [0.1, 0.15) is 11.3 Å². The fourth-order valence-electron chi connectivity index (χ4n) is 2.75. The molecule has 114 valence electrons. The zero-order valence-corrected chi connectivity index (χ0v) is 12.3. The van der Waals surface area contributed by atoms with E-state index in [0.29, 0.717) is 37.5 Å². The predicted octanol–water partition coefficient (Wildman–Crippen LogP) is 2.86. The second kappa shape index (κ2) is 4.39. The SMILES string of the molecule is Cc1[nH]c(=O)c2sc(-c3cn[nH]c3)c3c2c1CC(F)(F)CO3. The van der Waals surface area contributed by atoms with E-state index >= 15 is 0 Å². The average molecular weight is 323 g/mol. The van der Waals surface area contributed by atoms with E-state index in [0.717, 1.165) is 0 Å². The van der Waals surface area contributed by atoms with Crippen molar-refractivity contribution in [3.8, 4) is 16.2 Å². The Balaban J connectivity index is 2.11. The molecule has 1 aliphatic rings. The monoisotopic (exact) mass is 323 g/mol. The van der Waals surface area contributed by atoms with Crippen LogP contribution in [-0.2, 0) is 6.42 Å². The van der Waals surface area contributed by atoms with E-state index in [1.165, 1.54) is 11.3 Å². The number of aromatic amines is 2. The highest BCUT2D eigenvalue weighted by molar-refractivity contribution is 7.22. The molecule has 3 aromatic rings. The van der Waals surface area contributed by atoms with Gasteiger partial charge in [-0.1, -0.05) is 0 Å². The molecule has 0 radical (unpaired) electrons. The lowest BCUT2D eigenvalue weighted by atomic mass is 10.0. The van der Waals surface area contributed by atoms with E-state index in [1.54, 1.807) is 19.3 Å². The second-order valence-corrected chi connectivity index (χ2v) is 6.35. The number of hydrogen-bond donors (Lipinski definition) is 2. The number of nitrogens with one attached hydrogen (secondary N) is 2.